The minimum absolute atomic E-state index is 0.559. The predicted octanol–water partition coefficient (Wildman–Crippen LogP) is 3.35. The Kier molecular flexibility index (Phi) is 4.42. The molecule has 0 unspecified atom stereocenters. The second kappa shape index (κ2) is 6.05. The van der Waals surface area contributed by atoms with Crippen LogP contribution in [0.3, 0.4) is 0 Å². The molecule has 0 amide bonds. The van der Waals surface area contributed by atoms with Gasteiger partial charge in [0.2, 0.25) is 0 Å². The fourth-order valence-electron chi connectivity index (χ4n) is 1.93. The quantitative estimate of drug-likeness (QED) is 0.826. The summed E-state index contributed by atoms with van der Waals surface area (Å²) in [5.74, 6) is 0. The average Bonchev–Trinajstić information content (AvgIpc) is 2.40. The van der Waals surface area contributed by atoms with Gasteiger partial charge in [0.15, 0.2) is 0 Å². The van der Waals surface area contributed by atoms with Crippen LogP contribution in [-0.2, 0) is 6.54 Å². The Bertz CT molecular complexity index is 521. The Morgan fingerprint density at radius 2 is 1.83 bits per heavy atom. The van der Waals surface area contributed by atoms with Crippen LogP contribution in [0.5, 0.6) is 0 Å². The summed E-state index contributed by atoms with van der Waals surface area (Å²) in [6.45, 7) is 2.66. The fraction of sp³-hybridized carbons (Fsp3) is 0.200. The molecule has 0 saturated heterocycles. The van der Waals surface area contributed by atoms with Crippen molar-refractivity contribution in [3.8, 4) is 11.1 Å². The number of benzene rings is 2. The highest BCUT2D eigenvalue weighted by Crippen LogP contribution is 2.32. The fourth-order valence-corrected chi connectivity index (χ4v) is 2.71. The number of hydrogen-bond donors (Lipinski definition) is 2. The van der Waals surface area contributed by atoms with Gasteiger partial charge in [0.1, 0.15) is 0 Å². The third-order valence-corrected chi connectivity index (χ3v) is 3.77. The molecule has 0 aliphatic carbocycles. The number of aryl methyl sites for hydroxylation is 1. The van der Waals surface area contributed by atoms with Gasteiger partial charge >= 0.3 is 0 Å². The molecule has 0 aliphatic rings. The van der Waals surface area contributed by atoms with E-state index in [2.05, 4.69) is 54.1 Å². The number of nitrogens with one attached hydrogen (secondary N) is 1. The molecular formula is C15H18N2S. The van der Waals surface area contributed by atoms with E-state index in [1.54, 1.807) is 11.9 Å². The van der Waals surface area contributed by atoms with Crippen molar-refractivity contribution in [3.05, 3.63) is 53.6 Å². The number of nitrogens with two attached hydrogens (primary N) is 1. The Morgan fingerprint density at radius 1 is 1.11 bits per heavy atom. The molecule has 0 aromatic heterocycles. The second-order valence-electron chi connectivity index (χ2n) is 4.17. The van der Waals surface area contributed by atoms with Crippen molar-refractivity contribution >= 4 is 11.9 Å². The summed E-state index contributed by atoms with van der Waals surface area (Å²) in [5, 5.41) is 0. The van der Waals surface area contributed by atoms with E-state index in [0.717, 1.165) is 0 Å². The first-order valence-electron chi connectivity index (χ1n) is 5.99. The molecule has 0 spiro atoms. The Morgan fingerprint density at radius 3 is 2.44 bits per heavy atom. The predicted molar refractivity (Wildman–Crippen MR) is 79.4 cm³/mol. The summed E-state index contributed by atoms with van der Waals surface area (Å²) in [7, 11) is 1.93. The standard InChI is InChI=1S/C15H18N2S/c1-11-6-8-12(9-7-11)14-5-3-4-13(10-16)15(14)18-17-2/h3-9,17H,10,16H2,1-2H3. The second-order valence-corrected chi connectivity index (χ2v) is 5.19. The molecule has 0 radical (unpaired) electrons. The van der Waals surface area contributed by atoms with E-state index in [1.807, 2.05) is 7.05 Å². The van der Waals surface area contributed by atoms with E-state index in [4.69, 9.17) is 5.73 Å². The molecule has 2 nitrogen and oxygen atoms in total. The van der Waals surface area contributed by atoms with Gasteiger partial charge < -0.3 is 5.73 Å². The maximum Gasteiger partial charge on any atom is 0.0351 e. The summed E-state index contributed by atoms with van der Waals surface area (Å²) in [5.41, 5.74) is 10.7. The highest BCUT2D eigenvalue weighted by atomic mass is 32.2. The SMILES string of the molecule is CNSc1c(CN)cccc1-c1ccc(C)cc1. The van der Waals surface area contributed by atoms with E-state index in [1.165, 1.54) is 27.1 Å². The van der Waals surface area contributed by atoms with Crippen molar-refractivity contribution in [2.45, 2.75) is 18.4 Å². The monoisotopic (exact) mass is 258 g/mol. The molecular weight excluding hydrogens is 240 g/mol. The van der Waals surface area contributed by atoms with Gasteiger partial charge in [-0.25, -0.2) is 0 Å². The lowest BCUT2D eigenvalue weighted by Crippen LogP contribution is -2.02. The molecule has 2 aromatic carbocycles. The molecule has 3 N–H and O–H groups in total. The third kappa shape index (κ3) is 2.75. The molecule has 0 fully saturated rings. The van der Waals surface area contributed by atoms with E-state index in [-0.39, 0.29) is 0 Å². The zero-order valence-corrected chi connectivity index (χ0v) is 11.6. The smallest absolute Gasteiger partial charge is 0.0351 e. The van der Waals surface area contributed by atoms with Crippen LogP contribution >= 0.6 is 11.9 Å². The van der Waals surface area contributed by atoms with Gasteiger partial charge in [-0.15, -0.1) is 0 Å². The molecule has 0 bridgehead atoms. The zero-order valence-electron chi connectivity index (χ0n) is 10.7. The van der Waals surface area contributed by atoms with Crippen molar-refractivity contribution in [2.75, 3.05) is 7.05 Å². The van der Waals surface area contributed by atoms with Crippen LogP contribution in [0.1, 0.15) is 11.1 Å². The zero-order chi connectivity index (χ0) is 13.0. The Labute approximate surface area is 113 Å². The Balaban J connectivity index is 2.52. The van der Waals surface area contributed by atoms with Crippen LogP contribution in [0.25, 0.3) is 11.1 Å². The topological polar surface area (TPSA) is 38.0 Å². The van der Waals surface area contributed by atoms with Gasteiger partial charge in [0, 0.05) is 11.4 Å². The summed E-state index contributed by atoms with van der Waals surface area (Å²) >= 11 is 1.62. The van der Waals surface area contributed by atoms with E-state index >= 15 is 0 Å². The normalized spacial score (nSPS) is 10.6. The van der Waals surface area contributed by atoms with E-state index in [0.29, 0.717) is 6.54 Å². The van der Waals surface area contributed by atoms with Crippen molar-refractivity contribution in [3.63, 3.8) is 0 Å². The van der Waals surface area contributed by atoms with Gasteiger partial charge in [0.05, 0.1) is 0 Å². The highest BCUT2D eigenvalue weighted by molar-refractivity contribution is 7.97. The van der Waals surface area contributed by atoms with Gasteiger partial charge in [-0.2, -0.15) is 0 Å². The molecule has 18 heavy (non-hydrogen) atoms. The number of rotatable bonds is 4. The maximum atomic E-state index is 5.81. The lowest BCUT2D eigenvalue weighted by Gasteiger charge is -2.13. The molecule has 2 rings (SSSR count). The molecule has 3 heteroatoms. The van der Waals surface area contributed by atoms with Crippen LogP contribution in [0.2, 0.25) is 0 Å². The summed E-state index contributed by atoms with van der Waals surface area (Å²) in [6.07, 6.45) is 0. The minimum atomic E-state index is 0.559. The van der Waals surface area contributed by atoms with Crippen molar-refractivity contribution < 1.29 is 0 Å². The first-order valence-corrected chi connectivity index (χ1v) is 6.80. The molecule has 0 aliphatic heterocycles. The van der Waals surface area contributed by atoms with E-state index < -0.39 is 0 Å². The molecule has 0 atom stereocenters. The van der Waals surface area contributed by atoms with Gasteiger partial charge in [-0.3, -0.25) is 4.72 Å². The first kappa shape index (κ1) is 13.1. The van der Waals surface area contributed by atoms with Crippen molar-refractivity contribution in [2.24, 2.45) is 5.73 Å². The van der Waals surface area contributed by atoms with E-state index in [9.17, 15) is 0 Å². The maximum absolute atomic E-state index is 5.81. The average molecular weight is 258 g/mol. The van der Waals surface area contributed by atoms with Crippen LogP contribution < -0.4 is 10.5 Å². The Hall–Kier alpha value is -1.29. The van der Waals surface area contributed by atoms with Gasteiger partial charge in [-0.1, -0.05) is 48.0 Å². The van der Waals surface area contributed by atoms with Crippen molar-refractivity contribution in [1.82, 2.24) is 4.72 Å². The van der Waals surface area contributed by atoms with Gasteiger partial charge in [-0.05, 0) is 42.6 Å². The molecule has 0 saturated carbocycles. The van der Waals surface area contributed by atoms with Crippen molar-refractivity contribution in [1.29, 1.82) is 0 Å². The van der Waals surface area contributed by atoms with Crippen LogP contribution in [0, 0.1) is 6.92 Å². The summed E-state index contributed by atoms with van der Waals surface area (Å²) in [4.78, 5) is 1.21. The third-order valence-electron chi connectivity index (χ3n) is 2.88. The molecule has 94 valence electrons. The lowest BCUT2D eigenvalue weighted by atomic mass is 10.0. The molecule has 0 heterocycles. The lowest BCUT2D eigenvalue weighted by molar-refractivity contribution is 1.03. The number of hydrogen-bond acceptors (Lipinski definition) is 3. The molecule has 2 aromatic rings. The highest BCUT2D eigenvalue weighted by Gasteiger charge is 2.09. The van der Waals surface area contributed by atoms with Crippen LogP contribution in [-0.4, -0.2) is 7.05 Å². The van der Waals surface area contributed by atoms with Crippen LogP contribution in [0.15, 0.2) is 47.4 Å². The minimum Gasteiger partial charge on any atom is -0.326 e. The summed E-state index contributed by atoms with van der Waals surface area (Å²) in [6, 6.07) is 14.9. The van der Waals surface area contributed by atoms with Crippen LogP contribution in [0.4, 0.5) is 0 Å². The largest absolute Gasteiger partial charge is 0.326 e. The van der Waals surface area contributed by atoms with Gasteiger partial charge in [0.25, 0.3) is 0 Å². The first-order chi connectivity index (χ1) is 8.76. The summed E-state index contributed by atoms with van der Waals surface area (Å²) < 4.78 is 3.14.